The van der Waals surface area contributed by atoms with Crippen molar-refractivity contribution in [1.82, 2.24) is 0 Å². The minimum Gasteiger partial charge on any atom is -0.476 e. The van der Waals surface area contributed by atoms with Crippen molar-refractivity contribution in [3.8, 4) is 5.75 Å². The minimum absolute atomic E-state index is 0.0769. The molecule has 1 N–H and O–H groups in total. The number of fused-ring (bicyclic) bond motifs is 1. The number of nitrogens with zero attached hydrogens (tertiary/aromatic N) is 1. The molecule has 1 heterocycles. The molecule has 3 aromatic rings. The highest BCUT2D eigenvalue weighted by Crippen LogP contribution is 2.35. The summed E-state index contributed by atoms with van der Waals surface area (Å²) >= 11 is 1.75. The van der Waals surface area contributed by atoms with Gasteiger partial charge in [0.15, 0.2) is 6.10 Å². The molecule has 8 heteroatoms. The van der Waals surface area contributed by atoms with Gasteiger partial charge in [-0.2, -0.15) is 0 Å². The SMILES string of the molecule is Cc1cc(CSc2ccccc2)ccc1NC(=O)[C@H]1CN(S(C)(=O)=O)c2ccccc2O1. The molecule has 3 aromatic carbocycles. The minimum atomic E-state index is -3.55. The summed E-state index contributed by atoms with van der Waals surface area (Å²) in [5.74, 6) is 0.808. The van der Waals surface area contributed by atoms with Gasteiger partial charge < -0.3 is 10.1 Å². The molecule has 0 fully saturated rings. The molecule has 0 radical (unpaired) electrons. The predicted octanol–water partition coefficient (Wildman–Crippen LogP) is 4.45. The molecule has 0 aromatic heterocycles. The molecular weight excluding hydrogens is 444 g/mol. The molecule has 0 saturated carbocycles. The molecule has 32 heavy (non-hydrogen) atoms. The van der Waals surface area contributed by atoms with Gasteiger partial charge in [0.2, 0.25) is 10.0 Å². The first-order valence-electron chi connectivity index (χ1n) is 10.1. The number of amides is 1. The van der Waals surface area contributed by atoms with Crippen LogP contribution in [0, 0.1) is 6.92 Å². The maximum Gasteiger partial charge on any atom is 0.267 e. The standard InChI is InChI=1S/C24H24N2O4S2/c1-17-14-18(16-31-19-8-4-3-5-9-19)12-13-20(17)25-24(27)23-15-26(32(2,28)29)21-10-6-7-11-22(21)30-23/h3-14,23H,15-16H2,1-2H3,(H,25,27)/t23-/m1/s1. The zero-order valence-corrected chi connectivity index (χ0v) is 19.4. The van der Waals surface area contributed by atoms with Crippen molar-refractivity contribution in [2.75, 3.05) is 22.4 Å². The van der Waals surface area contributed by atoms with Gasteiger partial charge >= 0.3 is 0 Å². The fourth-order valence-corrected chi connectivity index (χ4v) is 5.28. The van der Waals surface area contributed by atoms with E-state index in [4.69, 9.17) is 4.74 Å². The van der Waals surface area contributed by atoms with E-state index in [1.807, 2.05) is 43.3 Å². The van der Waals surface area contributed by atoms with E-state index >= 15 is 0 Å². The lowest BCUT2D eigenvalue weighted by molar-refractivity contribution is -0.122. The van der Waals surface area contributed by atoms with Crippen LogP contribution in [-0.4, -0.2) is 33.2 Å². The number of anilines is 2. The van der Waals surface area contributed by atoms with E-state index in [-0.39, 0.29) is 12.5 Å². The lowest BCUT2D eigenvalue weighted by Crippen LogP contribution is -2.48. The summed E-state index contributed by atoms with van der Waals surface area (Å²) in [4.78, 5) is 14.1. The molecule has 6 nitrogen and oxygen atoms in total. The number of hydrogen-bond acceptors (Lipinski definition) is 5. The quantitative estimate of drug-likeness (QED) is 0.541. The van der Waals surface area contributed by atoms with Gasteiger partial charge in [-0.15, -0.1) is 11.8 Å². The van der Waals surface area contributed by atoms with Gasteiger partial charge in [0.1, 0.15) is 5.75 Å². The third-order valence-corrected chi connectivity index (χ3v) is 7.35. The molecule has 0 bridgehead atoms. The first-order chi connectivity index (χ1) is 15.3. The van der Waals surface area contributed by atoms with Gasteiger partial charge in [-0.3, -0.25) is 9.10 Å². The third-order valence-electron chi connectivity index (χ3n) is 5.12. The summed E-state index contributed by atoms with van der Waals surface area (Å²) in [7, 11) is -3.55. The summed E-state index contributed by atoms with van der Waals surface area (Å²) in [6.45, 7) is 1.86. The lowest BCUT2D eigenvalue weighted by atomic mass is 10.1. The van der Waals surface area contributed by atoms with E-state index in [1.165, 1.54) is 9.20 Å². The summed E-state index contributed by atoms with van der Waals surface area (Å²) in [5, 5.41) is 2.89. The topological polar surface area (TPSA) is 75.7 Å². The van der Waals surface area contributed by atoms with Gasteiger partial charge in [0.05, 0.1) is 18.5 Å². The van der Waals surface area contributed by atoms with E-state index in [0.717, 1.165) is 23.1 Å². The first kappa shape index (κ1) is 22.2. The van der Waals surface area contributed by atoms with Crippen LogP contribution in [0.2, 0.25) is 0 Å². The van der Waals surface area contributed by atoms with Gasteiger partial charge in [-0.05, 0) is 48.4 Å². The normalized spacial score (nSPS) is 15.6. The van der Waals surface area contributed by atoms with E-state index in [9.17, 15) is 13.2 Å². The average molecular weight is 469 g/mol. The smallest absolute Gasteiger partial charge is 0.267 e. The number of benzene rings is 3. The van der Waals surface area contributed by atoms with Crippen LogP contribution in [0.1, 0.15) is 11.1 Å². The Morgan fingerprint density at radius 3 is 2.53 bits per heavy atom. The summed E-state index contributed by atoms with van der Waals surface area (Å²) < 4.78 is 31.6. The van der Waals surface area contributed by atoms with E-state index < -0.39 is 16.1 Å². The van der Waals surface area contributed by atoms with Gasteiger partial charge in [-0.1, -0.05) is 42.5 Å². The third kappa shape index (κ3) is 5.08. The highest BCUT2D eigenvalue weighted by Gasteiger charge is 2.35. The van der Waals surface area contributed by atoms with Gasteiger partial charge in [-0.25, -0.2) is 8.42 Å². The highest BCUT2D eigenvalue weighted by molar-refractivity contribution is 7.98. The van der Waals surface area contributed by atoms with E-state index in [2.05, 4.69) is 17.4 Å². The molecule has 0 saturated heterocycles. The maximum absolute atomic E-state index is 12.9. The van der Waals surface area contributed by atoms with Crippen molar-refractivity contribution in [2.45, 2.75) is 23.7 Å². The lowest BCUT2D eigenvalue weighted by Gasteiger charge is -2.33. The number of thioether (sulfide) groups is 1. The Morgan fingerprint density at radius 1 is 1.09 bits per heavy atom. The number of hydrogen-bond donors (Lipinski definition) is 1. The largest absolute Gasteiger partial charge is 0.476 e. The van der Waals surface area contributed by atoms with Crippen LogP contribution >= 0.6 is 11.8 Å². The molecular formula is C24H24N2O4S2. The van der Waals surface area contributed by atoms with Crippen LogP contribution in [-0.2, 0) is 20.6 Å². The first-order valence-corrected chi connectivity index (χ1v) is 13.0. The van der Waals surface area contributed by atoms with Crippen LogP contribution in [0.4, 0.5) is 11.4 Å². The molecule has 4 rings (SSSR count). The molecule has 0 spiro atoms. The average Bonchev–Trinajstić information content (AvgIpc) is 2.78. The van der Waals surface area contributed by atoms with Crippen molar-refractivity contribution in [3.05, 3.63) is 83.9 Å². The molecule has 166 valence electrons. The number of sulfonamides is 1. The fraction of sp³-hybridized carbons (Fsp3) is 0.208. The van der Waals surface area contributed by atoms with Crippen molar-refractivity contribution in [1.29, 1.82) is 0 Å². The summed E-state index contributed by atoms with van der Waals surface area (Å²) in [5.41, 5.74) is 3.20. The Labute approximate surface area is 192 Å². The maximum atomic E-state index is 12.9. The Morgan fingerprint density at radius 2 is 1.81 bits per heavy atom. The predicted molar refractivity (Wildman–Crippen MR) is 129 cm³/mol. The second kappa shape index (κ2) is 9.26. The van der Waals surface area contributed by atoms with Crippen LogP contribution in [0.25, 0.3) is 0 Å². The van der Waals surface area contributed by atoms with Crippen LogP contribution in [0.15, 0.2) is 77.7 Å². The number of ether oxygens (including phenoxy) is 1. The number of para-hydroxylation sites is 2. The Hall–Kier alpha value is -2.97. The second-order valence-corrected chi connectivity index (χ2v) is 10.6. The molecule has 0 aliphatic carbocycles. The number of carbonyl (C=O) groups excluding carboxylic acids is 1. The highest BCUT2D eigenvalue weighted by atomic mass is 32.2. The monoisotopic (exact) mass is 468 g/mol. The number of rotatable bonds is 6. The van der Waals surface area contributed by atoms with Gasteiger partial charge in [0.25, 0.3) is 5.91 Å². The van der Waals surface area contributed by atoms with E-state index in [1.54, 1.807) is 36.0 Å². The van der Waals surface area contributed by atoms with Crippen molar-refractivity contribution < 1.29 is 17.9 Å². The zero-order valence-electron chi connectivity index (χ0n) is 17.8. The Balaban J connectivity index is 1.45. The number of nitrogens with one attached hydrogen (secondary N) is 1. The van der Waals surface area contributed by atoms with Crippen LogP contribution < -0.4 is 14.4 Å². The van der Waals surface area contributed by atoms with Crippen molar-refractivity contribution in [3.63, 3.8) is 0 Å². The summed E-state index contributed by atoms with van der Waals surface area (Å²) in [6, 6.07) is 22.9. The van der Waals surface area contributed by atoms with Crippen LogP contribution in [0.5, 0.6) is 5.75 Å². The van der Waals surface area contributed by atoms with Crippen molar-refractivity contribution in [2.24, 2.45) is 0 Å². The Kier molecular flexibility index (Phi) is 6.43. The second-order valence-electron chi connectivity index (χ2n) is 7.61. The molecule has 1 aliphatic heterocycles. The summed E-state index contributed by atoms with van der Waals surface area (Å²) in [6.07, 6.45) is 0.174. The van der Waals surface area contributed by atoms with E-state index in [0.29, 0.717) is 17.1 Å². The zero-order chi connectivity index (χ0) is 22.7. The molecule has 1 atom stereocenters. The van der Waals surface area contributed by atoms with Crippen molar-refractivity contribution >= 4 is 39.1 Å². The molecule has 1 aliphatic rings. The fourth-order valence-electron chi connectivity index (χ4n) is 3.51. The number of carbonyl (C=O) groups is 1. The van der Waals surface area contributed by atoms with Gasteiger partial charge in [0, 0.05) is 16.3 Å². The molecule has 0 unspecified atom stereocenters. The van der Waals surface area contributed by atoms with Crippen LogP contribution in [0.3, 0.4) is 0 Å². The Bertz CT molecular complexity index is 1230. The molecule has 1 amide bonds. The number of aryl methyl sites for hydroxylation is 1.